The number of hydrogen-bond donors (Lipinski definition) is 3. The molecule has 4 rings (SSSR count). The molecule has 4 aromatic rings. The zero-order valence-corrected chi connectivity index (χ0v) is 21.0. The summed E-state index contributed by atoms with van der Waals surface area (Å²) in [5.74, 6) is -0.658. The molecule has 1 amide bonds. The fraction of sp³-hybridized carbons (Fsp3) is 0.148. The largest absolute Gasteiger partial charge is 0.357 e. The van der Waals surface area contributed by atoms with Gasteiger partial charge in [-0.3, -0.25) is 14.1 Å². The van der Waals surface area contributed by atoms with Crippen molar-refractivity contribution in [2.45, 2.75) is 18.9 Å². The molecule has 0 saturated heterocycles. The van der Waals surface area contributed by atoms with Crippen molar-refractivity contribution in [1.82, 2.24) is 10.3 Å². The highest BCUT2D eigenvalue weighted by Gasteiger charge is 2.23. The molecular formula is C27H26N3O4S2. The lowest BCUT2D eigenvalue weighted by Crippen LogP contribution is -2.35. The van der Waals surface area contributed by atoms with Gasteiger partial charge in [-0.2, -0.15) is 8.42 Å². The molecular weight excluding hydrogens is 494 g/mol. The maximum absolute atomic E-state index is 13.1. The summed E-state index contributed by atoms with van der Waals surface area (Å²) in [6.45, 7) is 4.07. The van der Waals surface area contributed by atoms with E-state index in [-0.39, 0.29) is 11.6 Å². The SMILES string of the molecule is [CH2][C@@H](Cc1ccccc1)C(=O)N[C@@H](Cc1ccc(NS(=O)(=O)O)cc1)c1ncc(-c2ccccc2)s1. The number of anilines is 1. The Balaban J connectivity index is 1.54. The summed E-state index contributed by atoms with van der Waals surface area (Å²) >= 11 is 1.51. The van der Waals surface area contributed by atoms with E-state index in [2.05, 4.69) is 17.2 Å². The van der Waals surface area contributed by atoms with Crippen molar-refractivity contribution < 1.29 is 17.8 Å². The summed E-state index contributed by atoms with van der Waals surface area (Å²) in [7, 11) is -4.35. The van der Waals surface area contributed by atoms with Gasteiger partial charge >= 0.3 is 10.3 Å². The number of carbonyl (C=O) groups is 1. The first kappa shape index (κ1) is 25.6. The van der Waals surface area contributed by atoms with Crippen molar-refractivity contribution in [2.75, 3.05) is 4.72 Å². The number of amides is 1. The van der Waals surface area contributed by atoms with E-state index < -0.39 is 22.3 Å². The fourth-order valence-electron chi connectivity index (χ4n) is 3.76. The Labute approximate surface area is 215 Å². The summed E-state index contributed by atoms with van der Waals surface area (Å²) in [6.07, 6.45) is 2.76. The normalized spacial score (nSPS) is 13.1. The Bertz CT molecular complexity index is 1390. The smallest absolute Gasteiger partial charge is 0.346 e. The van der Waals surface area contributed by atoms with Crippen LogP contribution in [-0.4, -0.2) is 23.9 Å². The predicted molar refractivity (Wildman–Crippen MR) is 143 cm³/mol. The summed E-state index contributed by atoms with van der Waals surface area (Å²) in [5, 5.41) is 3.87. The maximum atomic E-state index is 13.1. The van der Waals surface area contributed by atoms with Gasteiger partial charge in [0, 0.05) is 12.1 Å². The van der Waals surface area contributed by atoms with Crippen molar-refractivity contribution >= 4 is 33.2 Å². The summed E-state index contributed by atoms with van der Waals surface area (Å²) in [5.41, 5.74) is 3.18. The highest BCUT2D eigenvalue weighted by Crippen LogP contribution is 2.31. The Hall–Kier alpha value is -3.53. The van der Waals surface area contributed by atoms with E-state index in [1.165, 1.54) is 11.3 Å². The lowest BCUT2D eigenvalue weighted by atomic mass is 9.99. The van der Waals surface area contributed by atoms with Crippen LogP contribution in [0.3, 0.4) is 0 Å². The molecule has 0 fully saturated rings. The summed E-state index contributed by atoms with van der Waals surface area (Å²) < 4.78 is 33.1. The number of benzene rings is 3. The second kappa shape index (κ2) is 11.5. The predicted octanol–water partition coefficient (Wildman–Crippen LogP) is 5.12. The van der Waals surface area contributed by atoms with Crippen molar-refractivity contribution in [2.24, 2.45) is 5.92 Å². The Morgan fingerprint density at radius 2 is 1.53 bits per heavy atom. The molecule has 0 spiro atoms. The maximum Gasteiger partial charge on any atom is 0.357 e. The standard InChI is InChI=1S/C27H26N3O4S2/c1-19(16-20-8-4-2-5-9-20)26(31)29-24(17-21-12-14-23(15-13-21)30-36(32,33)34)27-28-18-25(35-27)22-10-6-3-7-11-22/h2-15,18-19,24,30H,1,16-17H2,(H,29,31)(H,32,33,34)/t19-,24-/m0/s1. The number of nitrogens with zero attached hydrogens (tertiary/aromatic N) is 1. The first-order valence-electron chi connectivity index (χ1n) is 11.3. The lowest BCUT2D eigenvalue weighted by molar-refractivity contribution is -0.124. The highest BCUT2D eigenvalue weighted by molar-refractivity contribution is 7.87. The molecule has 1 heterocycles. The lowest BCUT2D eigenvalue weighted by Gasteiger charge is -2.20. The molecule has 3 N–H and O–H groups in total. The number of thiazole rings is 1. The molecule has 7 nitrogen and oxygen atoms in total. The molecule has 0 unspecified atom stereocenters. The zero-order valence-electron chi connectivity index (χ0n) is 19.4. The van der Waals surface area contributed by atoms with Gasteiger partial charge in [-0.1, -0.05) is 72.8 Å². The molecule has 1 aromatic heterocycles. The number of aromatic nitrogens is 1. The average Bonchev–Trinajstić information content (AvgIpc) is 3.35. The quantitative estimate of drug-likeness (QED) is 0.252. The van der Waals surface area contributed by atoms with Crippen LogP contribution in [0.1, 0.15) is 22.2 Å². The first-order valence-corrected chi connectivity index (χ1v) is 13.6. The first-order chi connectivity index (χ1) is 17.3. The molecule has 0 aliphatic heterocycles. The van der Waals surface area contributed by atoms with Crippen molar-refractivity contribution in [1.29, 1.82) is 0 Å². The molecule has 0 bridgehead atoms. The van der Waals surface area contributed by atoms with E-state index in [0.717, 1.165) is 26.6 Å². The van der Waals surface area contributed by atoms with E-state index in [1.54, 1.807) is 30.5 Å². The van der Waals surface area contributed by atoms with Gasteiger partial charge in [-0.25, -0.2) is 4.98 Å². The van der Waals surface area contributed by atoms with Crippen LogP contribution in [0.15, 0.2) is 91.1 Å². The van der Waals surface area contributed by atoms with Gasteiger partial charge in [0.15, 0.2) is 0 Å². The van der Waals surface area contributed by atoms with E-state index in [9.17, 15) is 13.2 Å². The van der Waals surface area contributed by atoms with Crippen LogP contribution in [0.4, 0.5) is 5.69 Å². The average molecular weight is 521 g/mol. The molecule has 9 heteroatoms. The van der Waals surface area contributed by atoms with Crippen LogP contribution >= 0.6 is 11.3 Å². The minimum Gasteiger partial charge on any atom is -0.346 e. The van der Waals surface area contributed by atoms with Gasteiger partial charge in [-0.15, -0.1) is 11.3 Å². The Morgan fingerprint density at radius 1 is 0.917 bits per heavy atom. The van der Waals surface area contributed by atoms with E-state index in [0.29, 0.717) is 12.8 Å². The van der Waals surface area contributed by atoms with Crippen molar-refractivity contribution in [3.63, 3.8) is 0 Å². The van der Waals surface area contributed by atoms with Crippen LogP contribution in [0, 0.1) is 12.8 Å². The van der Waals surface area contributed by atoms with Crippen molar-refractivity contribution in [3.8, 4) is 10.4 Å². The van der Waals surface area contributed by atoms with Gasteiger partial charge in [0.05, 0.1) is 16.6 Å². The number of hydrogen-bond acceptors (Lipinski definition) is 5. The molecule has 185 valence electrons. The third-order valence-corrected chi connectivity index (χ3v) is 7.19. The molecule has 36 heavy (non-hydrogen) atoms. The number of carbonyl (C=O) groups excluding carboxylic acids is 1. The second-order valence-electron chi connectivity index (χ2n) is 8.35. The van der Waals surface area contributed by atoms with Crippen LogP contribution < -0.4 is 10.0 Å². The molecule has 0 aliphatic rings. The number of rotatable bonds is 10. The van der Waals surface area contributed by atoms with Gasteiger partial charge < -0.3 is 5.32 Å². The van der Waals surface area contributed by atoms with E-state index >= 15 is 0 Å². The van der Waals surface area contributed by atoms with Crippen LogP contribution in [0.25, 0.3) is 10.4 Å². The summed E-state index contributed by atoms with van der Waals surface area (Å²) in [6, 6.07) is 25.8. The minimum absolute atomic E-state index is 0.176. The summed E-state index contributed by atoms with van der Waals surface area (Å²) in [4.78, 5) is 18.7. The van der Waals surface area contributed by atoms with Gasteiger partial charge in [0.1, 0.15) is 5.01 Å². The second-order valence-corrected chi connectivity index (χ2v) is 10.6. The van der Waals surface area contributed by atoms with Crippen LogP contribution in [-0.2, 0) is 27.9 Å². The van der Waals surface area contributed by atoms with Gasteiger partial charge in [-0.05, 0) is 48.6 Å². The van der Waals surface area contributed by atoms with Crippen molar-refractivity contribution in [3.05, 3.63) is 114 Å². The third-order valence-electron chi connectivity index (χ3n) is 5.53. The van der Waals surface area contributed by atoms with Gasteiger partial charge in [0.25, 0.3) is 0 Å². The molecule has 1 radical (unpaired) electrons. The fourth-order valence-corrected chi connectivity index (χ4v) is 5.17. The molecule has 0 saturated carbocycles. The van der Waals surface area contributed by atoms with E-state index in [4.69, 9.17) is 4.55 Å². The number of nitrogens with one attached hydrogen (secondary N) is 2. The van der Waals surface area contributed by atoms with Gasteiger partial charge in [0.2, 0.25) is 5.91 Å². The van der Waals surface area contributed by atoms with Crippen LogP contribution in [0.2, 0.25) is 0 Å². The third kappa shape index (κ3) is 7.24. The zero-order chi connectivity index (χ0) is 25.5. The topological polar surface area (TPSA) is 108 Å². The van der Waals surface area contributed by atoms with Crippen LogP contribution in [0.5, 0.6) is 0 Å². The van der Waals surface area contributed by atoms with E-state index in [1.807, 2.05) is 65.4 Å². The molecule has 0 aliphatic carbocycles. The minimum atomic E-state index is -4.35. The monoisotopic (exact) mass is 520 g/mol. The Kier molecular flexibility index (Phi) is 8.14. The Morgan fingerprint density at radius 3 is 2.17 bits per heavy atom. The molecule has 2 atom stereocenters. The molecule has 3 aromatic carbocycles. The highest BCUT2D eigenvalue weighted by atomic mass is 32.2.